The first-order chi connectivity index (χ1) is 17.4. The van der Waals surface area contributed by atoms with Crippen molar-refractivity contribution in [3.63, 3.8) is 0 Å². The van der Waals surface area contributed by atoms with Crippen LogP contribution in [0.3, 0.4) is 0 Å². The molecular weight excluding hydrogens is 446 g/mol. The van der Waals surface area contributed by atoms with E-state index in [0.29, 0.717) is 0 Å². The lowest BCUT2D eigenvalue weighted by Crippen LogP contribution is -1.90. The molecular formula is C32H17NOS. The van der Waals surface area contributed by atoms with Crippen LogP contribution in [0.5, 0.6) is 0 Å². The molecule has 0 aliphatic carbocycles. The number of benzene rings is 5. The Morgan fingerprint density at radius 2 is 1.31 bits per heavy atom. The van der Waals surface area contributed by atoms with Crippen LogP contribution < -0.4 is 0 Å². The molecule has 4 heterocycles. The molecule has 2 nitrogen and oxygen atoms in total. The quantitative estimate of drug-likeness (QED) is 0.205. The van der Waals surface area contributed by atoms with Crippen molar-refractivity contribution in [1.82, 2.24) is 4.40 Å². The summed E-state index contributed by atoms with van der Waals surface area (Å²) in [6.07, 6.45) is 2.28. The van der Waals surface area contributed by atoms with Crippen LogP contribution in [0.1, 0.15) is 0 Å². The summed E-state index contributed by atoms with van der Waals surface area (Å²) in [4.78, 5) is 0. The van der Waals surface area contributed by atoms with Gasteiger partial charge in [0.15, 0.2) is 0 Å². The summed E-state index contributed by atoms with van der Waals surface area (Å²) in [5, 5.41) is 11.3. The molecule has 0 saturated carbocycles. The van der Waals surface area contributed by atoms with Gasteiger partial charge in [0.2, 0.25) is 0 Å². The van der Waals surface area contributed by atoms with E-state index in [4.69, 9.17) is 4.42 Å². The molecule has 0 atom stereocenters. The van der Waals surface area contributed by atoms with Crippen molar-refractivity contribution in [2.45, 2.75) is 0 Å². The first kappa shape index (κ1) is 18.0. The van der Waals surface area contributed by atoms with E-state index in [1.165, 1.54) is 68.9 Å². The lowest BCUT2D eigenvalue weighted by atomic mass is 9.99. The van der Waals surface area contributed by atoms with Gasteiger partial charge in [-0.1, -0.05) is 72.8 Å². The van der Waals surface area contributed by atoms with Crippen molar-refractivity contribution in [1.29, 1.82) is 0 Å². The van der Waals surface area contributed by atoms with Crippen molar-refractivity contribution in [2.24, 2.45) is 0 Å². The zero-order valence-electron chi connectivity index (χ0n) is 18.6. The Labute approximate surface area is 203 Å². The Morgan fingerprint density at radius 3 is 2.26 bits per heavy atom. The monoisotopic (exact) mass is 463 g/mol. The van der Waals surface area contributed by atoms with Crippen molar-refractivity contribution in [3.8, 4) is 0 Å². The maximum atomic E-state index is 6.56. The van der Waals surface area contributed by atoms with Crippen LogP contribution in [0.15, 0.2) is 108 Å². The first-order valence-corrected chi connectivity index (χ1v) is 12.7. The molecule has 0 aliphatic heterocycles. The lowest BCUT2D eigenvalue weighted by molar-refractivity contribution is 0.673. The number of nitrogens with zero attached hydrogens (tertiary/aromatic N) is 1. The van der Waals surface area contributed by atoms with E-state index in [1.807, 2.05) is 17.4 Å². The minimum Gasteiger partial charge on any atom is -0.455 e. The fourth-order valence-corrected chi connectivity index (χ4v) is 7.33. The van der Waals surface area contributed by atoms with Crippen LogP contribution in [0, 0.1) is 0 Å². The van der Waals surface area contributed by atoms with Gasteiger partial charge in [0, 0.05) is 58.7 Å². The highest BCUT2D eigenvalue weighted by Gasteiger charge is 2.20. The predicted molar refractivity (Wildman–Crippen MR) is 150 cm³/mol. The van der Waals surface area contributed by atoms with Crippen molar-refractivity contribution in [2.75, 3.05) is 0 Å². The number of pyridine rings is 1. The molecule has 4 aromatic heterocycles. The minimum atomic E-state index is 0.934. The van der Waals surface area contributed by atoms with E-state index in [-0.39, 0.29) is 0 Å². The first-order valence-electron chi connectivity index (χ1n) is 11.9. The molecule has 5 aromatic carbocycles. The molecule has 0 spiro atoms. The van der Waals surface area contributed by atoms with Crippen LogP contribution in [-0.4, -0.2) is 4.40 Å². The number of thiophene rings is 1. The third-order valence-electron chi connectivity index (χ3n) is 7.56. The molecule has 0 N–H and O–H groups in total. The van der Waals surface area contributed by atoms with Crippen LogP contribution >= 0.6 is 11.3 Å². The van der Waals surface area contributed by atoms with Gasteiger partial charge in [-0.2, -0.15) is 0 Å². The van der Waals surface area contributed by atoms with Crippen LogP contribution in [-0.2, 0) is 0 Å². The summed E-state index contributed by atoms with van der Waals surface area (Å²) < 4.78 is 11.6. The Kier molecular flexibility index (Phi) is 3.20. The second kappa shape index (κ2) is 6.21. The highest BCUT2D eigenvalue weighted by molar-refractivity contribution is 7.26. The van der Waals surface area contributed by atoms with Gasteiger partial charge in [-0.25, -0.2) is 0 Å². The fraction of sp³-hybridized carbons (Fsp3) is 0. The van der Waals surface area contributed by atoms with Crippen LogP contribution in [0.2, 0.25) is 0 Å². The van der Waals surface area contributed by atoms with Gasteiger partial charge >= 0.3 is 0 Å². The summed E-state index contributed by atoms with van der Waals surface area (Å²) in [6, 6.07) is 34.9. The largest absolute Gasteiger partial charge is 0.455 e. The van der Waals surface area contributed by atoms with E-state index in [9.17, 15) is 0 Å². The van der Waals surface area contributed by atoms with Crippen molar-refractivity contribution in [3.05, 3.63) is 103 Å². The number of hydrogen-bond donors (Lipinski definition) is 0. The van der Waals surface area contributed by atoms with E-state index in [1.54, 1.807) is 0 Å². The molecule has 3 heteroatoms. The van der Waals surface area contributed by atoms with E-state index in [2.05, 4.69) is 102 Å². The summed E-state index contributed by atoms with van der Waals surface area (Å²) in [6.45, 7) is 0. The zero-order chi connectivity index (χ0) is 22.7. The molecule has 9 aromatic rings. The number of furan rings is 1. The molecule has 0 fully saturated rings. The van der Waals surface area contributed by atoms with Gasteiger partial charge in [-0.15, -0.1) is 11.3 Å². The summed E-state index contributed by atoms with van der Waals surface area (Å²) >= 11 is 1.89. The lowest BCUT2D eigenvalue weighted by Gasteiger charge is -2.11. The van der Waals surface area contributed by atoms with Crippen molar-refractivity contribution >= 4 is 91.4 Å². The SMILES string of the molecule is c1ccc2c(c1)cn1c3ccc4c5ccccc5oc4c3c3ccc4c5ccccc5sc4c3c21. The van der Waals surface area contributed by atoms with Gasteiger partial charge < -0.3 is 8.82 Å². The molecule has 0 amide bonds. The average Bonchev–Trinajstić information content (AvgIpc) is 3.59. The Bertz CT molecular complexity index is 2330. The average molecular weight is 464 g/mol. The van der Waals surface area contributed by atoms with E-state index >= 15 is 0 Å². The summed E-state index contributed by atoms with van der Waals surface area (Å²) in [5.41, 5.74) is 4.35. The number of para-hydroxylation sites is 1. The van der Waals surface area contributed by atoms with Gasteiger partial charge in [0.05, 0.1) is 11.0 Å². The normalized spacial score (nSPS) is 12.6. The molecule has 0 bridgehead atoms. The standard InChI is InChI=1S/C32H17NOS/c1-2-8-19-18(7-1)17-33-25-16-15-22-20-9-3-5-11-26(20)34-31(22)28(25)24-14-13-23-21-10-4-6-12-27(21)35-32(23)29(24)30(19)33/h1-17H. The highest BCUT2D eigenvalue weighted by atomic mass is 32.1. The Balaban J connectivity index is 1.66. The van der Waals surface area contributed by atoms with E-state index in [0.717, 1.165) is 11.2 Å². The Morgan fingerprint density at radius 1 is 0.571 bits per heavy atom. The van der Waals surface area contributed by atoms with Gasteiger partial charge in [0.25, 0.3) is 0 Å². The molecule has 0 saturated heterocycles. The molecule has 35 heavy (non-hydrogen) atoms. The third kappa shape index (κ3) is 2.15. The molecule has 0 unspecified atom stereocenters. The summed E-state index contributed by atoms with van der Waals surface area (Å²) in [7, 11) is 0. The zero-order valence-corrected chi connectivity index (χ0v) is 19.4. The highest BCUT2D eigenvalue weighted by Crippen LogP contribution is 2.46. The van der Waals surface area contributed by atoms with Gasteiger partial charge in [-0.3, -0.25) is 0 Å². The van der Waals surface area contributed by atoms with Crippen molar-refractivity contribution < 1.29 is 4.42 Å². The number of rotatable bonds is 0. The molecule has 9 rings (SSSR count). The van der Waals surface area contributed by atoms with Gasteiger partial charge in [0.1, 0.15) is 11.2 Å². The molecule has 0 radical (unpaired) electrons. The predicted octanol–water partition coefficient (Wildman–Crippen LogP) is 9.67. The second-order valence-electron chi connectivity index (χ2n) is 9.33. The fourth-order valence-electron chi connectivity index (χ4n) is 6.08. The minimum absolute atomic E-state index is 0.934. The number of hydrogen-bond acceptors (Lipinski definition) is 2. The van der Waals surface area contributed by atoms with Crippen LogP contribution in [0.25, 0.3) is 80.1 Å². The number of fused-ring (bicyclic) bond motifs is 16. The smallest absolute Gasteiger partial charge is 0.145 e. The molecule has 162 valence electrons. The van der Waals surface area contributed by atoms with E-state index < -0.39 is 0 Å². The Hall–Kier alpha value is -4.34. The second-order valence-corrected chi connectivity index (χ2v) is 10.4. The summed E-state index contributed by atoms with van der Waals surface area (Å²) in [5.74, 6) is 0. The number of aromatic nitrogens is 1. The maximum Gasteiger partial charge on any atom is 0.145 e. The third-order valence-corrected chi connectivity index (χ3v) is 8.77. The molecule has 0 aliphatic rings. The van der Waals surface area contributed by atoms with Crippen LogP contribution in [0.4, 0.5) is 0 Å². The maximum absolute atomic E-state index is 6.56. The topological polar surface area (TPSA) is 17.6 Å². The van der Waals surface area contributed by atoms with Gasteiger partial charge in [-0.05, 0) is 29.7 Å².